The van der Waals surface area contributed by atoms with Gasteiger partial charge in [0.25, 0.3) is 0 Å². The highest BCUT2D eigenvalue weighted by molar-refractivity contribution is 7.89. The summed E-state index contributed by atoms with van der Waals surface area (Å²) in [6.45, 7) is 6.67. The molecular weight excluding hydrogens is 487 g/mol. The quantitative estimate of drug-likeness (QED) is 0.283. The second kappa shape index (κ2) is 11.7. The first-order valence-corrected chi connectivity index (χ1v) is 14.1. The first kappa shape index (κ1) is 27.4. The van der Waals surface area contributed by atoms with Crippen LogP contribution in [0, 0.1) is 23.7 Å². The van der Waals surface area contributed by atoms with Crippen LogP contribution in [0.4, 0.5) is 9.18 Å². The van der Waals surface area contributed by atoms with Crippen molar-refractivity contribution >= 4 is 33.6 Å². The van der Waals surface area contributed by atoms with Gasteiger partial charge in [-0.05, 0) is 51.0 Å². The zero-order valence-corrected chi connectivity index (χ0v) is 21.7. The molecule has 0 radical (unpaired) electrons. The fourth-order valence-corrected chi connectivity index (χ4v) is 6.96. The van der Waals surface area contributed by atoms with Crippen LogP contribution in [0.5, 0.6) is 0 Å². The summed E-state index contributed by atoms with van der Waals surface area (Å²) in [4.78, 5) is 30.8. The third kappa shape index (κ3) is 6.93. The maximum absolute atomic E-state index is 14.8. The van der Waals surface area contributed by atoms with Gasteiger partial charge in [0, 0.05) is 38.9 Å². The van der Waals surface area contributed by atoms with Crippen molar-refractivity contribution in [3.8, 4) is 0 Å². The zero-order valence-electron chi connectivity index (χ0n) is 20.1. The van der Waals surface area contributed by atoms with Crippen LogP contribution in [0.15, 0.2) is 0 Å². The number of nitrogens with one attached hydrogen (secondary N) is 4. The smallest absolute Gasteiger partial charge is 0.317 e. The molecule has 196 valence electrons. The lowest BCUT2D eigenvalue weighted by molar-refractivity contribution is -0.129. The topological polar surface area (TPSA) is 123 Å². The molecule has 3 fully saturated rings. The number of rotatable bonds is 7. The lowest BCUT2D eigenvalue weighted by atomic mass is 9.76. The Morgan fingerprint density at radius 2 is 1.97 bits per heavy atom. The van der Waals surface area contributed by atoms with Gasteiger partial charge in [-0.15, -0.1) is 16.4 Å². The average Bonchev–Trinajstić information content (AvgIpc) is 3.21. The van der Waals surface area contributed by atoms with Gasteiger partial charge in [-0.2, -0.15) is 0 Å². The number of halogens is 2. The van der Waals surface area contributed by atoms with Crippen molar-refractivity contribution in [3.63, 3.8) is 0 Å². The highest BCUT2D eigenvalue weighted by atomic mass is 35.5. The minimum atomic E-state index is -3.89. The molecule has 10 nitrogen and oxygen atoms in total. The minimum absolute atomic E-state index is 0.0233. The van der Waals surface area contributed by atoms with E-state index in [-0.39, 0.29) is 35.6 Å². The number of sulfonamides is 1. The molecule has 0 spiro atoms. The van der Waals surface area contributed by atoms with Crippen LogP contribution in [0.1, 0.15) is 33.1 Å². The number of carbonyl (C=O) groups is 2. The van der Waals surface area contributed by atoms with Gasteiger partial charge in [-0.3, -0.25) is 20.4 Å². The summed E-state index contributed by atoms with van der Waals surface area (Å²) in [5.74, 6) is -2.14. The van der Waals surface area contributed by atoms with Gasteiger partial charge >= 0.3 is 6.03 Å². The number of hydrogen-bond donors (Lipinski definition) is 4. The fraction of sp³-hybridized carbons (Fsp3) is 0.905. The molecule has 7 atom stereocenters. The SMILES string of the molecule is CCNC(=O)N1CCC(C)C(CS(=O)(=O)NNC(=O)C2CC(C3CN(C)CN3)CC(Cl)C2F)C1. The molecule has 2 heterocycles. The van der Waals surface area contributed by atoms with Crippen molar-refractivity contribution in [3.05, 3.63) is 0 Å². The first-order chi connectivity index (χ1) is 16.0. The molecule has 2 saturated heterocycles. The van der Waals surface area contributed by atoms with Crippen LogP contribution in [0.3, 0.4) is 0 Å². The number of amides is 3. The summed E-state index contributed by atoms with van der Waals surface area (Å²) in [6.07, 6.45) is -0.0978. The van der Waals surface area contributed by atoms with E-state index in [0.29, 0.717) is 38.9 Å². The van der Waals surface area contributed by atoms with E-state index in [2.05, 4.69) is 25.8 Å². The molecule has 1 aliphatic carbocycles. The van der Waals surface area contributed by atoms with E-state index in [4.69, 9.17) is 11.6 Å². The van der Waals surface area contributed by atoms with Gasteiger partial charge < -0.3 is 10.2 Å². The number of alkyl halides is 2. The fourth-order valence-electron chi connectivity index (χ4n) is 5.22. The predicted octanol–water partition coefficient (Wildman–Crippen LogP) is 0.457. The third-order valence-corrected chi connectivity index (χ3v) is 9.04. The summed E-state index contributed by atoms with van der Waals surface area (Å²) >= 11 is 6.24. The van der Waals surface area contributed by atoms with Crippen LogP contribution in [0.25, 0.3) is 0 Å². The Balaban J connectivity index is 1.55. The molecule has 7 unspecified atom stereocenters. The summed E-state index contributed by atoms with van der Waals surface area (Å²) < 4.78 is 40.2. The number of likely N-dealkylation sites (tertiary alicyclic amines) is 1. The van der Waals surface area contributed by atoms with E-state index in [1.807, 2.05) is 20.9 Å². The number of carbonyl (C=O) groups excluding carboxylic acids is 2. The molecule has 0 aromatic rings. The summed E-state index contributed by atoms with van der Waals surface area (Å²) in [5.41, 5.74) is 2.22. The zero-order chi connectivity index (χ0) is 25.0. The summed E-state index contributed by atoms with van der Waals surface area (Å²) in [5, 5.41) is 5.30. The molecule has 3 rings (SSSR count). The van der Waals surface area contributed by atoms with Crippen LogP contribution >= 0.6 is 11.6 Å². The van der Waals surface area contributed by atoms with Crippen LogP contribution in [0.2, 0.25) is 0 Å². The van der Waals surface area contributed by atoms with E-state index in [0.717, 1.165) is 13.2 Å². The van der Waals surface area contributed by atoms with Gasteiger partial charge in [0.1, 0.15) is 6.17 Å². The standard InChI is InChI=1S/C21H38ClFN6O4S/c1-4-24-21(31)29-6-5-13(2)15(9-29)11-34(32,33)27-26-20(30)16-7-14(8-17(22)19(16)23)18-10-28(3)12-25-18/h13-19,25,27H,4-12H2,1-3H3,(H,24,31)(H,26,30). The van der Waals surface area contributed by atoms with Gasteiger partial charge in [-0.25, -0.2) is 17.6 Å². The van der Waals surface area contributed by atoms with Gasteiger partial charge in [0.15, 0.2) is 0 Å². The van der Waals surface area contributed by atoms with Gasteiger partial charge in [0.2, 0.25) is 15.9 Å². The lowest BCUT2D eigenvalue weighted by Gasteiger charge is -2.37. The van der Waals surface area contributed by atoms with Crippen molar-refractivity contribution in [1.82, 2.24) is 30.7 Å². The molecule has 3 aliphatic rings. The predicted molar refractivity (Wildman–Crippen MR) is 128 cm³/mol. The normalized spacial score (nSPS) is 35.2. The summed E-state index contributed by atoms with van der Waals surface area (Å²) in [7, 11) is -1.91. The Morgan fingerprint density at radius 3 is 2.62 bits per heavy atom. The molecule has 13 heteroatoms. The van der Waals surface area contributed by atoms with Crippen molar-refractivity contribution in [1.29, 1.82) is 0 Å². The second-order valence-electron chi connectivity index (χ2n) is 9.99. The molecule has 34 heavy (non-hydrogen) atoms. The van der Waals surface area contributed by atoms with Crippen molar-refractivity contribution in [2.75, 3.05) is 45.6 Å². The molecule has 3 amide bonds. The van der Waals surface area contributed by atoms with Crippen molar-refractivity contribution in [2.45, 2.75) is 50.7 Å². The Kier molecular flexibility index (Phi) is 9.41. The minimum Gasteiger partial charge on any atom is -0.338 e. The number of piperidine rings is 1. The number of likely N-dealkylation sites (N-methyl/N-ethyl adjacent to an activating group) is 1. The Morgan fingerprint density at radius 1 is 1.24 bits per heavy atom. The Bertz CT molecular complexity index is 836. The molecule has 1 saturated carbocycles. The third-order valence-electron chi connectivity index (χ3n) is 7.34. The van der Waals surface area contributed by atoms with E-state index >= 15 is 0 Å². The van der Waals surface area contributed by atoms with E-state index in [1.54, 1.807) is 4.90 Å². The van der Waals surface area contributed by atoms with Gasteiger partial charge in [0.05, 0.1) is 17.0 Å². The van der Waals surface area contributed by atoms with Crippen LogP contribution in [-0.2, 0) is 14.8 Å². The number of hydrazine groups is 1. The highest BCUT2D eigenvalue weighted by Gasteiger charge is 2.44. The first-order valence-electron chi connectivity index (χ1n) is 12.0. The van der Waals surface area contributed by atoms with Crippen LogP contribution in [-0.4, -0.2) is 93.4 Å². The molecule has 4 N–H and O–H groups in total. The molecular formula is C21H38ClFN6O4S. The van der Waals surface area contributed by atoms with Gasteiger partial charge in [-0.1, -0.05) is 6.92 Å². The highest BCUT2D eigenvalue weighted by Crippen LogP contribution is 2.37. The number of nitrogens with zero attached hydrogens (tertiary/aromatic N) is 2. The monoisotopic (exact) mass is 524 g/mol. The molecule has 0 aromatic carbocycles. The lowest BCUT2D eigenvalue weighted by Crippen LogP contribution is -2.54. The number of urea groups is 1. The van der Waals surface area contributed by atoms with E-state index in [9.17, 15) is 22.4 Å². The average molecular weight is 525 g/mol. The Labute approximate surface area is 206 Å². The second-order valence-corrected chi connectivity index (χ2v) is 12.3. The maximum Gasteiger partial charge on any atom is 0.317 e. The molecule has 0 aromatic heterocycles. The van der Waals surface area contributed by atoms with E-state index < -0.39 is 33.4 Å². The van der Waals surface area contributed by atoms with Crippen LogP contribution < -0.4 is 20.9 Å². The van der Waals surface area contributed by atoms with E-state index in [1.165, 1.54) is 0 Å². The Hall–Kier alpha value is -1.21. The maximum atomic E-state index is 14.8. The summed E-state index contributed by atoms with van der Waals surface area (Å²) in [6, 6.07) is -0.0936. The van der Waals surface area contributed by atoms with Crippen molar-refractivity contribution < 1.29 is 22.4 Å². The van der Waals surface area contributed by atoms with Crippen molar-refractivity contribution in [2.24, 2.45) is 23.7 Å². The number of hydrogen-bond acceptors (Lipinski definition) is 6. The molecule has 0 bridgehead atoms. The molecule has 2 aliphatic heterocycles. The largest absolute Gasteiger partial charge is 0.338 e.